The van der Waals surface area contributed by atoms with Crippen LogP contribution in [0.25, 0.3) is 11.0 Å². The monoisotopic (exact) mass is 388 g/mol. The molecule has 28 heavy (non-hydrogen) atoms. The first-order valence-electron chi connectivity index (χ1n) is 9.83. The van der Waals surface area contributed by atoms with Gasteiger partial charge in [-0.3, -0.25) is 4.79 Å². The first-order chi connectivity index (χ1) is 13.5. The molecule has 0 bridgehead atoms. The van der Waals surface area contributed by atoms with Crippen LogP contribution < -0.4 is 5.32 Å². The fourth-order valence-corrected chi connectivity index (χ4v) is 4.10. The lowest BCUT2D eigenvalue weighted by Crippen LogP contribution is -2.47. The van der Waals surface area contributed by atoms with E-state index in [1.807, 2.05) is 11.9 Å². The molecule has 1 N–H and O–H groups in total. The number of rotatable bonds is 3. The average Bonchev–Trinajstić information content (AvgIpc) is 3.11. The molecular formula is C20H25FN4O3. The maximum atomic E-state index is 13.3. The Hall–Kier alpha value is -2.64. The SMILES string of the molecule is CN1CCC(CNC(=O)N2CCC(c3noc4cc(F)ccc34)CC2)CC1=O. The van der Waals surface area contributed by atoms with Gasteiger partial charge in [-0.05, 0) is 37.3 Å². The highest BCUT2D eigenvalue weighted by Gasteiger charge is 2.28. The molecule has 2 aliphatic rings. The molecule has 2 fully saturated rings. The van der Waals surface area contributed by atoms with Crippen molar-refractivity contribution in [2.75, 3.05) is 33.2 Å². The van der Waals surface area contributed by atoms with Crippen molar-refractivity contribution in [2.24, 2.45) is 5.92 Å². The van der Waals surface area contributed by atoms with Gasteiger partial charge in [0.25, 0.3) is 0 Å². The molecule has 0 radical (unpaired) electrons. The molecule has 1 unspecified atom stereocenters. The third kappa shape index (κ3) is 3.81. The number of carbonyl (C=O) groups excluding carboxylic acids is 2. The summed E-state index contributed by atoms with van der Waals surface area (Å²) in [6.07, 6.45) is 3.00. The van der Waals surface area contributed by atoms with E-state index < -0.39 is 0 Å². The Morgan fingerprint density at radius 3 is 2.82 bits per heavy atom. The van der Waals surface area contributed by atoms with E-state index in [1.54, 1.807) is 11.0 Å². The third-order valence-electron chi connectivity index (χ3n) is 5.93. The van der Waals surface area contributed by atoms with Crippen LogP contribution in [-0.4, -0.2) is 60.1 Å². The van der Waals surface area contributed by atoms with Crippen molar-refractivity contribution in [3.05, 3.63) is 29.7 Å². The lowest BCUT2D eigenvalue weighted by atomic mass is 9.92. The van der Waals surface area contributed by atoms with Crippen molar-refractivity contribution in [2.45, 2.75) is 31.6 Å². The van der Waals surface area contributed by atoms with E-state index in [-0.39, 0.29) is 29.6 Å². The fourth-order valence-electron chi connectivity index (χ4n) is 4.10. The highest BCUT2D eigenvalue weighted by molar-refractivity contribution is 5.80. The Morgan fingerprint density at radius 1 is 1.29 bits per heavy atom. The summed E-state index contributed by atoms with van der Waals surface area (Å²) in [5, 5.41) is 7.97. The molecule has 1 aromatic carbocycles. The van der Waals surface area contributed by atoms with Gasteiger partial charge < -0.3 is 19.6 Å². The number of benzene rings is 1. The van der Waals surface area contributed by atoms with Gasteiger partial charge in [0.05, 0.1) is 5.69 Å². The van der Waals surface area contributed by atoms with Gasteiger partial charge in [-0.1, -0.05) is 5.16 Å². The Balaban J connectivity index is 1.29. The molecule has 1 atom stereocenters. The van der Waals surface area contributed by atoms with Gasteiger partial charge in [-0.2, -0.15) is 0 Å². The zero-order chi connectivity index (χ0) is 19.7. The van der Waals surface area contributed by atoms with Crippen LogP contribution >= 0.6 is 0 Å². The fraction of sp³-hybridized carbons (Fsp3) is 0.550. The smallest absolute Gasteiger partial charge is 0.317 e. The van der Waals surface area contributed by atoms with Crippen molar-refractivity contribution in [3.63, 3.8) is 0 Å². The highest BCUT2D eigenvalue weighted by Crippen LogP contribution is 2.32. The molecule has 3 amide bonds. The van der Waals surface area contributed by atoms with Crippen LogP contribution in [0.5, 0.6) is 0 Å². The molecule has 4 rings (SSSR count). The van der Waals surface area contributed by atoms with Gasteiger partial charge in [0, 0.05) is 57.0 Å². The maximum Gasteiger partial charge on any atom is 0.317 e. The summed E-state index contributed by atoms with van der Waals surface area (Å²) in [6, 6.07) is 4.40. The molecule has 2 aliphatic heterocycles. The topological polar surface area (TPSA) is 78.7 Å². The number of carbonyl (C=O) groups is 2. The number of aromatic nitrogens is 1. The first-order valence-corrected chi connectivity index (χ1v) is 9.83. The van der Waals surface area contributed by atoms with Crippen molar-refractivity contribution in [1.29, 1.82) is 0 Å². The Kier molecular flexibility index (Phi) is 5.19. The molecule has 3 heterocycles. The standard InChI is InChI=1S/C20H25FN4O3/c1-24-7-4-13(10-18(24)26)12-22-20(27)25-8-5-14(6-9-25)19-16-3-2-15(21)11-17(16)28-23-19/h2-3,11,13-14H,4-10,12H2,1H3,(H,22,27). The summed E-state index contributed by atoms with van der Waals surface area (Å²) < 4.78 is 18.6. The molecule has 0 spiro atoms. The number of piperidine rings is 2. The zero-order valence-electron chi connectivity index (χ0n) is 16.0. The van der Waals surface area contributed by atoms with E-state index in [2.05, 4.69) is 10.5 Å². The van der Waals surface area contributed by atoms with E-state index in [0.717, 1.165) is 36.9 Å². The second-order valence-electron chi connectivity index (χ2n) is 7.83. The number of halogens is 1. The number of hydrogen-bond donors (Lipinski definition) is 1. The van der Waals surface area contributed by atoms with Crippen LogP contribution in [0.3, 0.4) is 0 Å². The van der Waals surface area contributed by atoms with Crippen LogP contribution in [-0.2, 0) is 4.79 Å². The average molecular weight is 388 g/mol. The van der Waals surface area contributed by atoms with Crippen molar-refractivity contribution in [1.82, 2.24) is 20.3 Å². The molecule has 150 valence electrons. The van der Waals surface area contributed by atoms with Crippen molar-refractivity contribution in [3.8, 4) is 0 Å². The molecule has 0 saturated carbocycles. The summed E-state index contributed by atoms with van der Waals surface area (Å²) in [5.41, 5.74) is 1.31. The van der Waals surface area contributed by atoms with E-state index in [0.29, 0.717) is 31.6 Å². The van der Waals surface area contributed by atoms with Gasteiger partial charge in [-0.25, -0.2) is 9.18 Å². The summed E-state index contributed by atoms with van der Waals surface area (Å²) in [6.45, 7) is 2.56. The minimum absolute atomic E-state index is 0.0723. The predicted octanol–water partition coefficient (Wildman–Crippen LogP) is 2.72. The maximum absolute atomic E-state index is 13.3. The largest absolute Gasteiger partial charge is 0.356 e. The van der Waals surface area contributed by atoms with E-state index in [9.17, 15) is 14.0 Å². The Morgan fingerprint density at radius 2 is 2.07 bits per heavy atom. The molecule has 7 nitrogen and oxygen atoms in total. The van der Waals surface area contributed by atoms with Crippen LogP contribution in [0.4, 0.5) is 9.18 Å². The number of nitrogens with zero attached hydrogens (tertiary/aromatic N) is 3. The molecular weight excluding hydrogens is 363 g/mol. The molecule has 2 saturated heterocycles. The van der Waals surface area contributed by atoms with Gasteiger partial charge in [0.2, 0.25) is 5.91 Å². The van der Waals surface area contributed by atoms with Crippen molar-refractivity contribution < 1.29 is 18.5 Å². The number of hydrogen-bond acceptors (Lipinski definition) is 4. The number of nitrogens with one attached hydrogen (secondary N) is 1. The zero-order valence-corrected chi connectivity index (χ0v) is 16.0. The molecule has 0 aliphatic carbocycles. The minimum atomic E-state index is -0.340. The van der Waals surface area contributed by atoms with Gasteiger partial charge in [-0.15, -0.1) is 0 Å². The summed E-state index contributed by atoms with van der Waals surface area (Å²) >= 11 is 0. The summed E-state index contributed by atoms with van der Waals surface area (Å²) in [7, 11) is 1.82. The lowest BCUT2D eigenvalue weighted by Gasteiger charge is -2.33. The van der Waals surface area contributed by atoms with Gasteiger partial charge in [0.1, 0.15) is 5.82 Å². The molecule has 1 aromatic heterocycles. The number of likely N-dealkylation sites (tertiary alicyclic amines) is 2. The molecule has 2 aromatic rings. The van der Waals surface area contributed by atoms with Crippen LogP contribution in [0.2, 0.25) is 0 Å². The second-order valence-corrected chi connectivity index (χ2v) is 7.83. The Bertz CT molecular complexity index is 875. The molecule has 8 heteroatoms. The van der Waals surface area contributed by atoms with E-state index >= 15 is 0 Å². The second kappa shape index (κ2) is 7.77. The predicted molar refractivity (Wildman–Crippen MR) is 101 cm³/mol. The highest BCUT2D eigenvalue weighted by atomic mass is 19.1. The number of amides is 3. The van der Waals surface area contributed by atoms with Crippen LogP contribution in [0, 0.1) is 11.7 Å². The Labute approximate surface area is 162 Å². The number of urea groups is 1. The van der Waals surface area contributed by atoms with E-state index in [4.69, 9.17) is 4.52 Å². The lowest BCUT2D eigenvalue weighted by molar-refractivity contribution is -0.133. The summed E-state index contributed by atoms with van der Waals surface area (Å²) in [5.74, 6) is 0.216. The quantitative estimate of drug-likeness (QED) is 0.877. The third-order valence-corrected chi connectivity index (χ3v) is 5.93. The number of fused-ring (bicyclic) bond motifs is 1. The van der Waals surface area contributed by atoms with E-state index in [1.165, 1.54) is 12.1 Å². The van der Waals surface area contributed by atoms with Crippen LogP contribution in [0.15, 0.2) is 22.7 Å². The van der Waals surface area contributed by atoms with Crippen LogP contribution in [0.1, 0.15) is 37.3 Å². The van der Waals surface area contributed by atoms with Gasteiger partial charge >= 0.3 is 6.03 Å². The van der Waals surface area contributed by atoms with Gasteiger partial charge in [0.15, 0.2) is 5.58 Å². The first kappa shape index (κ1) is 18.7. The van der Waals surface area contributed by atoms with Crippen molar-refractivity contribution >= 4 is 22.9 Å². The summed E-state index contributed by atoms with van der Waals surface area (Å²) in [4.78, 5) is 27.8. The minimum Gasteiger partial charge on any atom is -0.356 e. The normalized spacial score (nSPS) is 21.4.